The Morgan fingerprint density at radius 1 is 0.274 bits per heavy atom. The highest BCUT2D eigenvalue weighted by Crippen LogP contribution is 2.45. The van der Waals surface area contributed by atoms with Gasteiger partial charge in [-0.25, -0.2) is 9.13 Å². The smallest absolute Gasteiger partial charge is 0.462 e. The molecule has 17 nitrogen and oxygen atoms in total. The Morgan fingerprint density at radius 2 is 0.491 bits per heavy atom. The fourth-order valence-corrected chi connectivity index (χ4v) is 11.9. The van der Waals surface area contributed by atoms with Gasteiger partial charge in [0.05, 0.1) is 26.4 Å². The molecule has 5 unspecified atom stereocenters. The molecule has 0 saturated carbocycles. The molecule has 0 saturated heterocycles. The lowest BCUT2D eigenvalue weighted by atomic mass is 10.1. The molecule has 0 spiro atoms. The molecule has 106 heavy (non-hydrogen) atoms. The maximum atomic E-state index is 13.1. The first-order chi connectivity index (χ1) is 51.7. The quantitative estimate of drug-likeness (QED) is 0.0169. The van der Waals surface area contributed by atoms with Crippen LogP contribution in [0.3, 0.4) is 0 Å². The number of carbonyl (C=O) groups is 4. The maximum absolute atomic E-state index is 13.1. The summed E-state index contributed by atoms with van der Waals surface area (Å²) in [6, 6.07) is 0. The van der Waals surface area contributed by atoms with Crippen molar-refractivity contribution in [2.75, 3.05) is 39.6 Å². The lowest BCUT2D eigenvalue weighted by Crippen LogP contribution is -2.30. The molecule has 0 aliphatic rings. The summed E-state index contributed by atoms with van der Waals surface area (Å²) in [7, 11) is -10.00. The normalized spacial score (nSPS) is 14.7. The highest BCUT2D eigenvalue weighted by molar-refractivity contribution is 7.47. The van der Waals surface area contributed by atoms with Gasteiger partial charge in [-0.05, 0) is 167 Å². The molecular weight excluding hydrogens is 1380 g/mol. The molecular formula is C87H144O17P2. The van der Waals surface area contributed by atoms with E-state index in [0.717, 1.165) is 205 Å². The molecule has 0 fully saturated rings. The lowest BCUT2D eigenvalue weighted by Gasteiger charge is -2.21. The molecule has 5 atom stereocenters. The van der Waals surface area contributed by atoms with E-state index >= 15 is 0 Å². The van der Waals surface area contributed by atoms with Crippen molar-refractivity contribution in [2.24, 2.45) is 0 Å². The molecule has 0 bridgehead atoms. The van der Waals surface area contributed by atoms with Crippen LogP contribution in [0.25, 0.3) is 0 Å². The minimum Gasteiger partial charge on any atom is -0.462 e. The van der Waals surface area contributed by atoms with E-state index < -0.39 is 97.5 Å². The van der Waals surface area contributed by atoms with Gasteiger partial charge < -0.3 is 33.8 Å². The number of rotatable bonds is 75. The van der Waals surface area contributed by atoms with E-state index in [0.29, 0.717) is 32.1 Å². The van der Waals surface area contributed by atoms with Gasteiger partial charge in [0.2, 0.25) is 0 Å². The van der Waals surface area contributed by atoms with Crippen molar-refractivity contribution in [3.8, 4) is 0 Å². The van der Waals surface area contributed by atoms with Crippen LogP contribution in [0, 0.1) is 0 Å². The fourth-order valence-electron chi connectivity index (χ4n) is 10.4. The van der Waals surface area contributed by atoms with Crippen molar-refractivity contribution < 1.29 is 80.2 Å². The number of esters is 4. The van der Waals surface area contributed by atoms with E-state index in [-0.39, 0.29) is 25.7 Å². The van der Waals surface area contributed by atoms with Gasteiger partial charge in [0.15, 0.2) is 12.2 Å². The Kier molecular flexibility index (Phi) is 73.9. The Morgan fingerprint density at radius 3 is 0.774 bits per heavy atom. The molecule has 3 N–H and O–H groups in total. The Hall–Kier alpha value is -5.32. The van der Waals surface area contributed by atoms with E-state index in [1.165, 1.54) is 19.3 Å². The van der Waals surface area contributed by atoms with Crippen LogP contribution in [-0.2, 0) is 65.4 Å². The van der Waals surface area contributed by atoms with E-state index in [9.17, 15) is 43.2 Å². The number of phosphoric acid groups is 2. The van der Waals surface area contributed by atoms with Crippen molar-refractivity contribution in [2.45, 2.75) is 329 Å². The third-order valence-electron chi connectivity index (χ3n) is 16.5. The van der Waals surface area contributed by atoms with Crippen LogP contribution in [0.4, 0.5) is 0 Å². The summed E-state index contributed by atoms with van der Waals surface area (Å²) < 4.78 is 68.6. The monoisotopic (exact) mass is 1520 g/mol. The van der Waals surface area contributed by atoms with Crippen molar-refractivity contribution in [1.82, 2.24) is 0 Å². The number of hydrogen-bond donors (Lipinski definition) is 3. The number of phosphoric ester groups is 2. The second kappa shape index (κ2) is 77.8. The van der Waals surface area contributed by atoms with Crippen molar-refractivity contribution in [1.29, 1.82) is 0 Å². The minimum absolute atomic E-state index is 0.0352. The zero-order valence-electron chi connectivity index (χ0n) is 66.1. The summed E-state index contributed by atoms with van der Waals surface area (Å²) in [4.78, 5) is 73.1. The van der Waals surface area contributed by atoms with Gasteiger partial charge in [-0.3, -0.25) is 37.3 Å². The summed E-state index contributed by atoms with van der Waals surface area (Å²) in [5.74, 6) is -2.27. The number of hydrogen-bond acceptors (Lipinski definition) is 15. The average Bonchev–Trinajstić information content (AvgIpc) is 0.902. The third kappa shape index (κ3) is 76.9. The van der Waals surface area contributed by atoms with Crippen molar-refractivity contribution in [3.05, 3.63) is 158 Å². The molecule has 604 valence electrons. The van der Waals surface area contributed by atoms with Crippen LogP contribution in [0.2, 0.25) is 0 Å². The molecule has 0 aromatic heterocycles. The lowest BCUT2D eigenvalue weighted by molar-refractivity contribution is -0.161. The fraction of sp³-hybridized carbons (Fsp3) is 0.655. The molecule has 0 aliphatic carbocycles. The second-order valence-electron chi connectivity index (χ2n) is 26.6. The van der Waals surface area contributed by atoms with Gasteiger partial charge in [0.25, 0.3) is 0 Å². The van der Waals surface area contributed by atoms with E-state index in [1.54, 1.807) is 0 Å². The minimum atomic E-state index is -5.00. The standard InChI is InChI=1S/C87H144O17P2/c1-5-9-13-17-21-25-29-33-37-39-40-42-46-48-52-56-60-64-68-72-85(90)98-78-83(104-87(92)74-70-66-62-58-54-50-44-36-32-28-24-20-16-12-8-4)80-102-106(95,96)100-76-81(88)75-99-105(93,94)101-79-82(103-86(91)73-69-65-61-57-53-49-43-35-31-27-23-19-15-11-7-3)77-97-84(89)71-67-63-59-55-51-47-45-41-38-34-30-26-22-18-14-10-6-2/h10-12,14-16,21-28,33-38,40,42-44,53,57,81-83,88H,5-9,13,17-20,29-32,39,41,45-52,54-56,58-80H2,1-4H3,(H,93,94)(H,95,96)/b14-10-,15-11-,16-12-,25-21-,26-22-,27-23-,28-24-,37-33-,38-34-,42-40-,43-35-,44-36-,57-53-. The Balaban J connectivity index is 5.43. The average molecular weight is 1520 g/mol. The van der Waals surface area contributed by atoms with Crippen molar-refractivity contribution in [3.63, 3.8) is 0 Å². The molecule has 0 heterocycles. The molecule has 0 aromatic carbocycles. The largest absolute Gasteiger partial charge is 0.472 e. The van der Waals surface area contributed by atoms with Gasteiger partial charge in [-0.15, -0.1) is 0 Å². The Labute approximate surface area is 642 Å². The third-order valence-corrected chi connectivity index (χ3v) is 18.4. The molecule has 0 rings (SSSR count). The molecule has 0 aromatic rings. The van der Waals surface area contributed by atoms with Gasteiger partial charge in [0.1, 0.15) is 19.3 Å². The summed E-state index contributed by atoms with van der Waals surface area (Å²) in [5.41, 5.74) is 0. The van der Waals surface area contributed by atoms with Crippen LogP contribution in [-0.4, -0.2) is 96.7 Å². The summed E-state index contributed by atoms with van der Waals surface area (Å²) in [5, 5.41) is 10.7. The first kappa shape index (κ1) is 101. The van der Waals surface area contributed by atoms with Crippen LogP contribution in [0.15, 0.2) is 158 Å². The summed E-state index contributed by atoms with van der Waals surface area (Å²) >= 11 is 0. The Bertz CT molecular complexity index is 2630. The molecule has 19 heteroatoms. The van der Waals surface area contributed by atoms with Gasteiger partial charge in [0, 0.05) is 25.7 Å². The van der Waals surface area contributed by atoms with E-state index in [2.05, 4.69) is 186 Å². The number of aliphatic hydroxyl groups excluding tert-OH is 1. The van der Waals surface area contributed by atoms with Gasteiger partial charge in [-0.2, -0.15) is 0 Å². The number of aliphatic hydroxyl groups is 1. The predicted octanol–water partition coefficient (Wildman–Crippen LogP) is 24.0. The summed E-state index contributed by atoms with van der Waals surface area (Å²) in [6.45, 7) is 4.42. The second-order valence-corrected chi connectivity index (χ2v) is 29.5. The van der Waals surface area contributed by atoms with Gasteiger partial charge >= 0.3 is 39.5 Å². The zero-order valence-corrected chi connectivity index (χ0v) is 67.8. The van der Waals surface area contributed by atoms with Gasteiger partial charge in [-0.1, -0.05) is 276 Å². The molecule has 0 aliphatic heterocycles. The number of ether oxygens (including phenoxy) is 4. The topological polar surface area (TPSA) is 237 Å². The highest BCUT2D eigenvalue weighted by Gasteiger charge is 2.30. The van der Waals surface area contributed by atoms with Crippen LogP contribution >= 0.6 is 15.6 Å². The zero-order chi connectivity index (χ0) is 77.4. The van der Waals surface area contributed by atoms with Crippen LogP contribution < -0.4 is 0 Å². The highest BCUT2D eigenvalue weighted by atomic mass is 31.2. The number of allylic oxidation sites excluding steroid dienone is 26. The van der Waals surface area contributed by atoms with E-state index in [4.69, 9.17) is 37.0 Å². The molecule has 0 amide bonds. The molecule has 0 radical (unpaired) electrons. The van der Waals surface area contributed by atoms with Crippen LogP contribution in [0.1, 0.15) is 310 Å². The maximum Gasteiger partial charge on any atom is 0.472 e. The first-order valence-corrected chi connectivity index (χ1v) is 43.7. The summed E-state index contributed by atoms with van der Waals surface area (Å²) in [6.07, 6.45) is 90.7. The number of unbranched alkanes of at least 4 members (excludes halogenated alkanes) is 23. The SMILES string of the molecule is CC/C=C\C/C=C\C/C=C\C/C=C\CCCCC(=O)OC(COC(=O)CCCCCCCCC/C=C\C/C=C\C/C=C\CC)COP(=O)(O)OCC(O)COP(=O)(O)OCC(COC(=O)CCCCCCCC/C=C\C/C=C\C/C=C\CCCCC)OC(=O)CCCCCCC/C=C\C/C=C\C/C=C\CC. The number of carbonyl (C=O) groups excluding carboxylic acids is 4. The predicted molar refractivity (Wildman–Crippen MR) is 436 cm³/mol. The first-order valence-electron chi connectivity index (χ1n) is 40.7. The van der Waals surface area contributed by atoms with Crippen molar-refractivity contribution >= 4 is 39.5 Å². The van der Waals surface area contributed by atoms with E-state index in [1.807, 2.05) is 0 Å². The van der Waals surface area contributed by atoms with Crippen LogP contribution in [0.5, 0.6) is 0 Å².